The molecule has 1 aliphatic heterocycles. The van der Waals surface area contributed by atoms with Crippen molar-refractivity contribution in [3.63, 3.8) is 0 Å². The Kier molecular flexibility index (Phi) is 6.67. The van der Waals surface area contributed by atoms with E-state index in [1.807, 2.05) is 0 Å². The number of carbonyl (C=O) groups is 1. The number of piperidine rings is 1. The first-order chi connectivity index (χ1) is 8.77. The van der Waals surface area contributed by atoms with Crippen LogP contribution in [0.1, 0.15) is 29.6 Å². The Bertz CT molecular complexity index is 405. The highest BCUT2D eigenvalue weighted by atomic mass is 35.5. The van der Waals surface area contributed by atoms with Crippen molar-refractivity contribution in [2.45, 2.75) is 19.3 Å². The third-order valence-electron chi connectivity index (χ3n) is 3.23. The fourth-order valence-corrected chi connectivity index (χ4v) is 2.24. The lowest BCUT2D eigenvalue weighted by Gasteiger charge is -2.26. The SMILES string of the molecule is Cl.O=C(O)c1ccccc1OCCN1CCCCC1. The number of ether oxygens (including phenoxy) is 1. The number of hydrogen-bond donors (Lipinski definition) is 1. The normalized spacial score (nSPS) is 15.6. The van der Waals surface area contributed by atoms with E-state index in [-0.39, 0.29) is 18.0 Å². The number of hydrogen-bond acceptors (Lipinski definition) is 3. The maximum absolute atomic E-state index is 11.0. The molecule has 1 heterocycles. The average molecular weight is 286 g/mol. The first-order valence-corrected chi connectivity index (χ1v) is 6.45. The van der Waals surface area contributed by atoms with Crippen molar-refractivity contribution >= 4 is 18.4 Å². The maximum atomic E-state index is 11.0. The second-order valence-electron chi connectivity index (χ2n) is 4.55. The standard InChI is InChI=1S/C14H19NO3.ClH/c16-14(17)12-6-2-3-7-13(12)18-11-10-15-8-4-1-5-9-15;/h2-3,6-7H,1,4-5,8-11H2,(H,16,17);1H. The first kappa shape index (κ1) is 15.8. The van der Waals surface area contributed by atoms with Gasteiger partial charge >= 0.3 is 5.97 Å². The number of para-hydroxylation sites is 1. The van der Waals surface area contributed by atoms with Gasteiger partial charge in [-0.1, -0.05) is 18.6 Å². The van der Waals surface area contributed by atoms with Crippen LogP contribution in [0.2, 0.25) is 0 Å². The minimum atomic E-state index is -0.941. The number of nitrogens with zero attached hydrogens (tertiary/aromatic N) is 1. The van der Waals surface area contributed by atoms with Crippen LogP contribution in [0.15, 0.2) is 24.3 Å². The summed E-state index contributed by atoms with van der Waals surface area (Å²) < 4.78 is 5.58. The van der Waals surface area contributed by atoms with Crippen molar-refractivity contribution in [1.29, 1.82) is 0 Å². The van der Waals surface area contributed by atoms with Gasteiger partial charge in [-0.15, -0.1) is 12.4 Å². The van der Waals surface area contributed by atoms with Crippen LogP contribution in [0.4, 0.5) is 0 Å². The van der Waals surface area contributed by atoms with Crippen molar-refractivity contribution in [2.75, 3.05) is 26.2 Å². The summed E-state index contributed by atoms with van der Waals surface area (Å²) in [6, 6.07) is 6.78. The molecule has 19 heavy (non-hydrogen) atoms. The fourth-order valence-electron chi connectivity index (χ4n) is 2.24. The molecule has 0 unspecified atom stereocenters. The predicted molar refractivity (Wildman–Crippen MR) is 76.4 cm³/mol. The number of rotatable bonds is 5. The maximum Gasteiger partial charge on any atom is 0.339 e. The van der Waals surface area contributed by atoms with Crippen molar-refractivity contribution in [3.05, 3.63) is 29.8 Å². The van der Waals surface area contributed by atoms with Gasteiger partial charge in [0.15, 0.2) is 0 Å². The molecule has 0 spiro atoms. The van der Waals surface area contributed by atoms with E-state index >= 15 is 0 Å². The number of aromatic carboxylic acids is 1. The molecule has 1 aromatic carbocycles. The molecule has 0 atom stereocenters. The summed E-state index contributed by atoms with van der Waals surface area (Å²) in [7, 11) is 0. The van der Waals surface area contributed by atoms with Crippen LogP contribution in [0.25, 0.3) is 0 Å². The van der Waals surface area contributed by atoms with Gasteiger partial charge in [0, 0.05) is 6.54 Å². The molecule has 0 radical (unpaired) electrons. The summed E-state index contributed by atoms with van der Waals surface area (Å²) in [5.41, 5.74) is 0.233. The zero-order valence-electron chi connectivity index (χ0n) is 10.9. The molecule has 5 heteroatoms. The molecule has 0 amide bonds. The summed E-state index contributed by atoms with van der Waals surface area (Å²) in [6.07, 6.45) is 3.83. The van der Waals surface area contributed by atoms with E-state index in [9.17, 15) is 4.79 Å². The molecule has 1 N–H and O–H groups in total. The number of carboxylic acid groups (broad SMARTS) is 1. The van der Waals surface area contributed by atoms with E-state index in [0.717, 1.165) is 19.6 Å². The molecule has 0 saturated carbocycles. The molecule has 0 aliphatic carbocycles. The molecule has 1 saturated heterocycles. The lowest BCUT2D eigenvalue weighted by atomic mass is 10.1. The van der Waals surface area contributed by atoms with E-state index in [1.165, 1.54) is 19.3 Å². The highest BCUT2D eigenvalue weighted by Crippen LogP contribution is 2.17. The van der Waals surface area contributed by atoms with Crippen molar-refractivity contribution in [2.24, 2.45) is 0 Å². The monoisotopic (exact) mass is 285 g/mol. The average Bonchev–Trinajstić information content (AvgIpc) is 2.40. The minimum absolute atomic E-state index is 0. The number of carboxylic acids is 1. The van der Waals surface area contributed by atoms with Crippen molar-refractivity contribution in [1.82, 2.24) is 4.90 Å². The fraction of sp³-hybridized carbons (Fsp3) is 0.500. The molecular formula is C14H20ClNO3. The highest BCUT2D eigenvalue weighted by molar-refractivity contribution is 5.90. The zero-order valence-corrected chi connectivity index (χ0v) is 11.7. The van der Waals surface area contributed by atoms with Gasteiger partial charge in [0.1, 0.15) is 17.9 Å². The zero-order chi connectivity index (χ0) is 12.8. The van der Waals surface area contributed by atoms with Gasteiger partial charge in [-0.25, -0.2) is 4.79 Å². The Morgan fingerprint density at radius 1 is 1.21 bits per heavy atom. The third-order valence-corrected chi connectivity index (χ3v) is 3.23. The summed E-state index contributed by atoms with van der Waals surface area (Å²) in [6.45, 7) is 3.67. The Morgan fingerprint density at radius 3 is 2.58 bits per heavy atom. The molecule has 1 aliphatic rings. The second-order valence-corrected chi connectivity index (χ2v) is 4.55. The van der Waals surface area contributed by atoms with Crippen LogP contribution in [0.5, 0.6) is 5.75 Å². The first-order valence-electron chi connectivity index (χ1n) is 6.45. The smallest absolute Gasteiger partial charge is 0.339 e. The molecule has 1 fully saturated rings. The van der Waals surface area contributed by atoms with E-state index in [2.05, 4.69) is 4.90 Å². The predicted octanol–water partition coefficient (Wildman–Crippen LogP) is 2.67. The molecule has 0 aromatic heterocycles. The van der Waals surface area contributed by atoms with Gasteiger partial charge in [0.25, 0.3) is 0 Å². The summed E-state index contributed by atoms with van der Waals surface area (Å²) in [5.74, 6) is -0.481. The molecule has 106 valence electrons. The van der Waals surface area contributed by atoms with Gasteiger partial charge in [-0.05, 0) is 38.1 Å². The van der Waals surface area contributed by atoms with Crippen molar-refractivity contribution < 1.29 is 14.6 Å². The van der Waals surface area contributed by atoms with Crippen LogP contribution in [0.3, 0.4) is 0 Å². The van der Waals surface area contributed by atoms with Gasteiger partial charge in [-0.2, -0.15) is 0 Å². The molecule has 0 bridgehead atoms. The van der Waals surface area contributed by atoms with Gasteiger partial charge < -0.3 is 9.84 Å². The van der Waals surface area contributed by atoms with E-state index < -0.39 is 5.97 Å². The molecular weight excluding hydrogens is 266 g/mol. The highest BCUT2D eigenvalue weighted by Gasteiger charge is 2.12. The molecule has 4 nitrogen and oxygen atoms in total. The summed E-state index contributed by atoms with van der Waals surface area (Å²) in [4.78, 5) is 13.4. The topological polar surface area (TPSA) is 49.8 Å². The Balaban J connectivity index is 0.00000180. The Morgan fingerprint density at radius 2 is 1.89 bits per heavy atom. The van der Waals surface area contributed by atoms with Gasteiger partial charge in [-0.3, -0.25) is 4.90 Å². The van der Waals surface area contributed by atoms with Gasteiger partial charge in [0.05, 0.1) is 0 Å². The van der Waals surface area contributed by atoms with Gasteiger partial charge in [0.2, 0.25) is 0 Å². The van der Waals surface area contributed by atoms with Crippen LogP contribution < -0.4 is 4.74 Å². The summed E-state index contributed by atoms with van der Waals surface area (Å²) >= 11 is 0. The van der Waals surface area contributed by atoms with Crippen LogP contribution >= 0.6 is 12.4 Å². The quantitative estimate of drug-likeness (QED) is 0.904. The molecule has 2 rings (SSSR count). The number of halogens is 1. The minimum Gasteiger partial charge on any atom is -0.491 e. The third kappa shape index (κ3) is 4.73. The van der Waals surface area contributed by atoms with E-state index in [0.29, 0.717) is 12.4 Å². The van der Waals surface area contributed by atoms with Crippen molar-refractivity contribution in [3.8, 4) is 5.75 Å². The Labute approximate surface area is 119 Å². The Hall–Kier alpha value is -1.26. The second kappa shape index (κ2) is 8.02. The van der Waals surface area contributed by atoms with Crippen LogP contribution in [0, 0.1) is 0 Å². The number of benzene rings is 1. The lowest BCUT2D eigenvalue weighted by molar-refractivity contribution is 0.0691. The van der Waals surface area contributed by atoms with Crippen LogP contribution in [-0.4, -0.2) is 42.2 Å². The van der Waals surface area contributed by atoms with E-state index in [4.69, 9.17) is 9.84 Å². The van der Waals surface area contributed by atoms with E-state index in [1.54, 1.807) is 24.3 Å². The van der Waals surface area contributed by atoms with Crippen LogP contribution in [-0.2, 0) is 0 Å². The largest absolute Gasteiger partial charge is 0.491 e. The summed E-state index contributed by atoms with van der Waals surface area (Å²) in [5, 5.41) is 9.02. The number of likely N-dealkylation sites (tertiary alicyclic amines) is 1. The molecule has 1 aromatic rings. The lowest BCUT2D eigenvalue weighted by Crippen LogP contribution is -2.33.